The van der Waals surface area contributed by atoms with Gasteiger partial charge in [-0.2, -0.15) is 5.10 Å². The minimum Gasteiger partial charge on any atom is -0.493 e. The second kappa shape index (κ2) is 8.39. The van der Waals surface area contributed by atoms with E-state index >= 15 is 0 Å². The van der Waals surface area contributed by atoms with Crippen LogP contribution >= 0.6 is 34.8 Å². The first-order chi connectivity index (χ1) is 15.5. The van der Waals surface area contributed by atoms with Crippen molar-refractivity contribution >= 4 is 40.5 Å². The zero-order valence-electron chi connectivity index (χ0n) is 17.3. The molecule has 3 aromatic carbocycles. The van der Waals surface area contributed by atoms with Crippen molar-refractivity contribution in [1.82, 2.24) is 5.01 Å². The van der Waals surface area contributed by atoms with Crippen LogP contribution in [-0.4, -0.2) is 24.9 Å². The molecule has 5 nitrogen and oxygen atoms in total. The van der Waals surface area contributed by atoms with Gasteiger partial charge in [-0.3, -0.25) is 0 Å². The predicted molar refractivity (Wildman–Crippen MR) is 127 cm³/mol. The number of hydrogen-bond acceptors (Lipinski definition) is 5. The highest BCUT2D eigenvalue weighted by molar-refractivity contribution is 6.35. The molecule has 0 radical (unpaired) electrons. The van der Waals surface area contributed by atoms with Crippen molar-refractivity contribution < 1.29 is 14.2 Å². The quantitative estimate of drug-likeness (QED) is 0.399. The Bertz CT molecular complexity index is 1210. The Morgan fingerprint density at radius 2 is 1.66 bits per heavy atom. The Morgan fingerprint density at radius 3 is 2.38 bits per heavy atom. The molecule has 0 aromatic heterocycles. The Morgan fingerprint density at radius 1 is 0.906 bits per heavy atom. The summed E-state index contributed by atoms with van der Waals surface area (Å²) in [6.07, 6.45) is 0.202. The van der Waals surface area contributed by atoms with Crippen LogP contribution in [0.15, 0.2) is 59.7 Å². The van der Waals surface area contributed by atoms with Gasteiger partial charge in [0.05, 0.1) is 31.0 Å². The lowest BCUT2D eigenvalue weighted by atomic mass is 9.95. The topological polar surface area (TPSA) is 43.3 Å². The molecule has 0 saturated heterocycles. The fourth-order valence-electron chi connectivity index (χ4n) is 4.15. The largest absolute Gasteiger partial charge is 0.493 e. The van der Waals surface area contributed by atoms with E-state index in [0.717, 1.165) is 22.4 Å². The van der Waals surface area contributed by atoms with Crippen LogP contribution < -0.4 is 14.2 Å². The van der Waals surface area contributed by atoms with E-state index in [9.17, 15) is 0 Å². The summed E-state index contributed by atoms with van der Waals surface area (Å²) in [6, 6.07) is 16.8. The molecule has 0 aliphatic carbocycles. The van der Waals surface area contributed by atoms with Gasteiger partial charge in [0.1, 0.15) is 5.75 Å². The van der Waals surface area contributed by atoms with Gasteiger partial charge in [0.2, 0.25) is 6.23 Å². The average Bonchev–Trinajstić information content (AvgIpc) is 3.25. The molecule has 3 aromatic rings. The number of benzene rings is 3. The lowest BCUT2D eigenvalue weighted by Gasteiger charge is -2.38. The summed E-state index contributed by atoms with van der Waals surface area (Å²) in [4.78, 5) is 0. The van der Waals surface area contributed by atoms with Gasteiger partial charge < -0.3 is 14.2 Å². The van der Waals surface area contributed by atoms with Crippen molar-refractivity contribution in [2.24, 2.45) is 5.10 Å². The molecule has 2 aliphatic rings. The predicted octanol–water partition coefficient (Wildman–Crippen LogP) is 6.91. The standard InChI is InChI=1S/C24H19Cl3N2O3/c1-30-21-8-5-14(9-22(21)31-2)19-12-20-17-10-16(26)11-18(27)23(17)32-24(29(20)28-19)13-3-6-15(25)7-4-13/h3-11,20,24H,12H2,1-2H3/t20-,24+/m0/s1. The molecule has 164 valence electrons. The van der Waals surface area contributed by atoms with Crippen molar-refractivity contribution in [2.45, 2.75) is 18.7 Å². The number of nitrogens with zero attached hydrogens (tertiary/aromatic N) is 2. The van der Waals surface area contributed by atoms with E-state index in [2.05, 4.69) is 0 Å². The molecule has 0 saturated carbocycles. The van der Waals surface area contributed by atoms with Crippen LogP contribution in [-0.2, 0) is 0 Å². The lowest BCUT2D eigenvalue weighted by Crippen LogP contribution is -2.33. The number of rotatable bonds is 4. The number of ether oxygens (including phenoxy) is 3. The molecule has 0 unspecified atom stereocenters. The SMILES string of the molecule is COc1ccc(C2=NN3[C@@H](c4ccc(Cl)cc4)Oc4c(Cl)cc(Cl)cc4[C@@H]3C2)cc1OC. The molecule has 2 atom stereocenters. The fourth-order valence-corrected chi connectivity index (χ4v) is 4.83. The van der Waals surface area contributed by atoms with Gasteiger partial charge in [-0.25, -0.2) is 5.01 Å². The van der Waals surface area contributed by atoms with Crippen LogP contribution in [0.5, 0.6) is 17.2 Å². The van der Waals surface area contributed by atoms with E-state index in [4.69, 9.17) is 54.1 Å². The number of hydrogen-bond donors (Lipinski definition) is 0. The highest BCUT2D eigenvalue weighted by Gasteiger charge is 2.42. The first-order valence-electron chi connectivity index (χ1n) is 9.97. The number of methoxy groups -OCH3 is 2. The van der Waals surface area contributed by atoms with E-state index in [1.54, 1.807) is 20.3 Å². The summed E-state index contributed by atoms with van der Waals surface area (Å²) in [7, 11) is 3.23. The second-order valence-electron chi connectivity index (χ2n) is 7.54. The molecule has 5 rings (SSSR count). The van der Waals surface area contributed by atoms with Gasteiger partial charge in [-0.15, -0.1) is 0 Å². The van der Waals surface area contributed by atoms with Crippen molar-refractivity contribution in [3.05, 3.63) is 86.4 Å². The van der Waals surface area contributed by atoms with Crippen molar-refractivity contribution in [3.8, 4) is 17.2 Å². The molecule has 32 heavy (non-hydrogen) atoms. The Kier molecular flexibility index (Phi) is 5.58. The van der Waals surface area contributed by atoms with Crippen LogP contribution in [0.3, 0.4) is 0 Å². The Labute approximate surface area is 201 Å². The Hall–Kier alpha value is -2.60. The summed E-state index contributed by atoms with van der Waals surface area (Å²) < 4.78 is 17.2. The maximum atomic E-state index is 6.53. The maximum absolute atomic E-state index is 6.53. The van der Waals surface area contributed by atoms with Crippen LogP contribution in [0.25, 0.3) is 0 Å². The third-order valence-corrected chi connectivity index (χ3v) is 6.43. The van der Waals surface area contributed by atoms with Gasteiger partial charge >= 0.3 is 0 Å². The van der Waals surface area contributed by atoms with Crippen LogP contribution in [0.4, 0.5) is 0 Å². The first-order valence-corrected chi connectivity index (χ1v) is 11.1. The van der Waals surface area contributed by atoms with Gasteiger partial charge in [-0.1, -0.05) is 46.9 Å². The second-order valence-corrected chi connectivity index (χ2v) is 8.82. The van der Waals surface area contributed by atoms with Crippen molar-refractivity contribution in [2.75, 3.05) is 14.2 Å². The van der Waals surface area contributed by atoms with E-state index in [0.29, 0.717) is 38.7 Å². The zero-order chi connectivity index (χ0) is 22.4. The van der Waals surface area contributed by atoms with Crippen LogP contribution in [0.2, 0.25) is 15.1 Å². The molecule has 8 heteroatoms. The van der Waals surface area contributed by atoms with Gasteiger partial charge in [0, 0.05) is 33.2 Å². The van der Waals surface area contributed by atoms with Crippen LogP contribution in [0.1, 0.15) is 35.4 Å². The van der Waals surface area contributed by atoms with Crippen molar-refractivity contribution in [3.63, 3.8) is 0 Å². The zero-order valence-corrected chi connectivity index (χ0v) is 19.6. The highest BCUT2D eigenvalue weighted by Crippen LogP contribution is 2.51. The number of fused-ring (bicyclic) bond motifs is 3. The van der Waals surface area contributed by atoms with E-state index in [1.807, 2.05) is 53.5 Å². The minimum atomic E-state index is -0.457. The van der Waals surface area contributed by atoms with Gasteiger partial charge in [0.15, 0.2) is 11.5 Å². The normalized spacial score (nSPS) is 19.0. The first kappa shape index (κ1) is 21.3. The molecular weight excluding hydrogens is 471 g/mol. The van der Waals surface area contributed by atoms with E-state index < -0.39 is 6.23 Å². The summed E-state index contributed by atoms with van der Waals surface area (Å²) >= 11 is 19.0. The summed E-state index contributed by atoms with van der Waals surface area (Å²) in [5, 5.41) is 8.61. The molecule has 0 spiro atoms. The minimum absolute atomic E-state index is 0.0845. The molecule has 0 bridgehead atoms. The fraction of sp³-hybridized carbons (Fsp3) is 0.208. The van der Waals surface area contributed by atoms with Crippen molar-refractivity contribution in [1.29, 1.82) is 0 Å². The lowest BCUT2D eigenvalue weighted by molar-refractivity contribution is -0.0189. The number of halogens is 3. The molecule has 0 fully saturated rings. The molecule has 2 aliphatic heterocycles. The summed E-state index contributed by atoms with van der Waals surface area (Å²) in [5.41, 5.74) is 3.68. The van der Waals surface area contributed by atoms with Gasteiger partial charge in [-0.05, 0) is 42.5 Å². The third kappa shape index (κ3) is 3.64. The molecular formula is C24H19Cl3N2O3. The molecule has 0 amide bonds. The van der Waals surface area contributed by atoms with Crippen LogP contribution in [0, 0.1) is 0 Å². The summed E-state index contributed by atoms with van der Waals surface area (Å²) in [6.45, 7) is 0. The van der Waals surface area contributed by atoms with E-state index in [-0.39, 0.29) is 6.04 Å². The van der Waals surface area contributed by atoms with E-state index in [1.165, 1.54) is 0 Å². The highest BCUT2D eigenvalue weighted by atomic mass is 35.5. The maximum Gasteiger partial charge on any atom is 0.213 e. The third-order valence-electron chi connectivity index (χ3n) is 5.68. The summed E-state index contributed by atoms with van der Waals surface area (Å²) in [5.74, 6) is 1.94. The smallest absolute Gasteiger partial charge is 0.213 e. The van der Waals surface area contributed by atoms with Gasteiger partial charge in [0.25, 0.3) is 0 Å². The Balaban J connectivity index is 1.61. The number of hydrazone groups is 1. The molecule has 0 N–H and O–H groups in total. The monoisotopic (exact) mass is 488 g/mol. The molecule has 2 heterocycles. The average molecular weight is 490 g/mol.